The lowest BCUT2D eigenvalue weighted by Crippen LogP contribution is -2.28. The Labute approximate surface area is 71.4 Å². The van der Waals surface area contributed by atoms with Crippen LogP contribution in [0, 0.1) is 0 Å². The second-order valence-corrected chi connectivity index (χ2v) is 3.11. The highest BCUT2D eigenvalue weighted by atomic mass is 35.5. The van der Waals surface area contributed by atoms with E-state index in [2.05, 4.69) is 0 Å². The lowest BCUT2D eigenvalue weighted by Gasteiger charge is -2.08. The lowest BCUT2D eigenvalue weighted by molar-refractivity contribution is -0.152. The maximum absolute atomic E-state index is 10.5. The molecule has 0 aliphatic heterocycles. The van der Waals surface area contributed by atoms with E-state index in [0.717, 1.165) is 7.05 Å². The number of carbonyl (C=O) groups excluding carboxylic acids is 2. The van der Waals surface area contributed by atoms with Crippen molar-refractivity contribution in [1.82, 2.24) is 4.31 Å². The number of rotatable bonds is 0. The molecule has 0 aliphatic carbocycles. The molecular formula is C4H4ClNO4S. The number of amides is 1. The maximum Gasteiger partial charge on any atom is 0.395 e. The molecule has 0 unspecified atom stereocenters. The van der Waals surface area contributed by atoms with Gasteiger partial charge in [0.25, 0.3) is 4.57 Å². The van der Waals surface area contributed by atoms with Crippen molar-refractivity contribution in [3.05, 3.63) is 0 Å². The van der Waals surface area contributed by atoms with Crippen molar-refractivity contribution >= 4 is 40.0 Å². The number of carbonyl (C=O) groups is 3. The maximum atomic E-state index is 10.5. The molecule has 0 heterocycles. The van der Waals surface area contributed by atoms with E-state index in [0.29, 0.717) is 16.3 Å². The molecule has 0 atom stereocenters. The van der Waals surface area contributed by atoms with Crippen LogP contribution in [0.2, 0.25) is 0 Å². The van der Waals surface area contributed by atoms with Crippen LogP contribution in [-0.2, 0) is 9.59 Å². The van der Waals surface area contributed by atoms with Gasteiger partial charge in [0.15, 0.2) is 0 Å². The summed E-state index contributed by atoms with van der Waals surface area (Å²) in [6, 6.07) is 0. The number of carboxylic acids is 1. The largest absolute Gasteiger partial charge is 0.474 e. The highest BCUT2D eigenvalue weighted by Crippen LogP contribution is 2.11. The molecule has 0 rings (SSSR count). The molecule has 0 aromatic carbocycles. The Kier molecular flexibility index (Phi) is 3.91. The molecule has 0 fully saturated rings. The summed E-state index contributed by atoms with van der Waals surface area (Å²) in [7, 11) is 1.14. The minimum atomic E-state index is -1.63. The molecule has 11 heavy (non-hydrogen) atoms. The van der Waals surface area contributed by atoms with Gasteiger partial charge in [0, 0.05) is 19.0 Å². The molecule has 0 aromatic heterocycles. The fraction of sp³-hybridized carbons (Fsp3) is 0.250. The van der Waals surface area contributed by atoms with Crippen LogP contribution in [0.1, 0.15) is 0 Å². The van der Waals surface area contributed by atoms with Gasteiger partial charge in [-0.1, -0.05) is 0 Å². The van der Waals surface area contributed by atoms with Gasteiger partial charge in [0.2, 0.25) is 0 Å². The molecule has 0 aliphatic rings. The van der Waals surface area contributed by atoms with Crippen molar-refractivity contribution < 1.29 is 19.5 Å². The van der Waals surface area contributed by atoms with E-state index in [4.69, 9.17) is 16.7 Å². The summed E-state index contributed by atoms with van der Waals surface area (Å²) in [5.74, 6) is -2.82. The Morgan fingerprint density at radius 1 is 1.45 bits per heavy atom. The second kappa shape index (κ2) is 4.20. The standard InChI is InChI=1S/C4H4ClNO4S/c1-6(11-4(5)10)2(7)3(8)9/h1H3,(H,8,9). The zero-order valence-corrected chi connectivity index (χ0v) is 6.98. The van der Waals surface area contributed by atoms with E-state index in [1.807, 2.05) is 0 Å². The fourth-order valence-corrected chi connectivity index (χ4v) is 0.971. The van der Waals surface area contributed by atoms with Gasteiger partial charge in [-0.15, -0.1) is 0 Å². The third kappa shape index (κ3) is 3.84. The van der Waals surface area contributed by atoms with Gasteiger partial charge in [-0.2, -0.15) is 0 Å². The van der Waals surface area contributed by atoms with Crippen molar-refractivity contribution in [3.63, 3.8) is 0 Å². The van der Waals surface area contributed by atoms with Gasteiger partial charge in [0.1, 0.15) is 0 Å². The van der Waals surface area contributed by atoms with Gasteiger partial charge in [-0.25, -0.2) is 4.79 Å². The third-order valence-electron chi connectivity index (χ3n) is 0.678. The van der Waals surface area contributed by atoms with Crippen LogP contribution in [-0.4, -0.2) is 32.9 Å². The van der Waals surface area contributed by atoms with Crippen molar-refractivity contribution in [2.24, 2.45) is 0 Å². The second-order valence-electron chi connectivity index (χ2n) is 1.44. The van der Waals surface area contributed by atoms with E-state index in [1.54, 1.807) is 0 Å². The van der Waals surface area contributed by atoms with Crippen molar-refractivity contribution in [2.45, 2.75) is 0 Å². The molecule has 5 nitrogen and oxygen atoms in total. The van der Waals surface area contributed by atoms with E-state index < -0.39 is 16.5 Å². The number of hydrogen-bond donors (Lipinski definition) is 1. The number of likely N-dealkylation sites (N-methyl/N-ethyl adjacent to an activating group) is 1. The third-order valence-corrected chi connectivity index (χ3v) is 1.47. The van der Waals surface area contributed by atoms with E-state index in [9.17, 15) is 14.4 Å². The topological polar surface area (TPSA) is 74.7 Å². The smallest absolute Gasteiger partial charge is 0.395 e. The Morgan fingerprint density at radius 2 is 1.91 bits per heavy atom. The minimum absolute atomic E-state index is 0.320. The molecule has 0 saturated carbocycles. The van der Waals surface area contributed by atoms with E-state index >= 15 is 0 Å². The molecule has 0 spiro atoms. The average Bonchev–Trinajstić information content (AvgIpc) is 1.84. The molecule has 0 aromatic rings. The first-order valence-corrected chi connectivity index (χ1v) is 3.48. The number of hydrogen-bond acceptors (Lipinski definition) is 4. The molecule has 1 N–H and O–H groups in total. The number of halogens is 1. The van der Waals surface area contributed by atoms with Crippen LogP contribution >= 0.6 is 23.5 Å². The molecule has 0 bridgehead atoms. The molecule has 62 valence electrons. The summed E-state index contributed by atoms with van der Waals surface area (Å²) >= 11 is 5.18. The van der Waals surface area contributed by atoms with Crippen LogP contribution in [0.3, 0.4) is 0 Å². The van der Waals surface area contributed by atoms with E-state index in [-0.39, 0.29) is 0 Å². The van der Waals surface area contributed by atoms with Crippen molar-refractivity contribution in [2.75, 3.05) is 7.05 Å². The summed E-state index contributed by atoms with van der Waals surface area (Å²) in [5.41, 5.74) is 0. The summed E-state index contributed by atoms with van der Waals surface area (Å²) < 4.78 is -0.223. The Bertz CT molecular complexity index is 206. The fourth-order valence-electron chi connectivity index (χ4n) is 0.284. The number of aliphatic carboxylic acids is 1. The predicted octanol–water partition coefficient (Wildman–Crippen LogP) is 0.536. The van der Waals surface area contributed by atoms with Crippen LogP contribution < -0.4 is 0 Å². The summed E-state index contributed by atoms with van der Waals surface area (Å²) in [4.78, 5) is 30.6. The average molecular weight is 198 g/mol. The quantitative estimate of drug-likeness (QED) is 0.349. The molecule has 0 saturated heterocycles. The van der Waals surface area contributed by atoms with Gasteiger partial charge in [-0.05, 0) is 11.6 Å². The first-order chi connectivity index (χ1) is 4.95. The van der Waals surface area contributed by atoms with E-state index in [1.165, 1.54) is 0 Å². The highest BCUT2D eigenvalue weighted by molar-refractivity contribution is 8.14. The SMILES string of the molecule is CN(SC(=O)Cl)C(=O)C(=O)O. The molecular weight excluding hydrogens is 194 g/mol. The predicted molar refractivity (Wildman–Crippen MR) is 39.2 cm³/mol. The van der Waals surface area contributed by atoms with Crippen LogP contribution in [0.25, 0.3) is 0 Å². The van der Waals surface area contributed by atoms with Gasteiger partial charge >= 0.3 is 11.9 Å². The number of carboxylic acid groups (broad SMARTS) is 1. The van der Waals surface area contributed by atoms with Gasteiger partial charge < -0.3 is 5.11 Å². The Balaban J connectivity index is 4.03. The lowest BCUT2D eigenvalue weighted by atomic mass is 10.6. The van der Waals surface area contributed by atoms with Crippen LogP contribution in [0.15, 0.2) is 0 Å². The van der Waals surface area contributed by atoms with Gasteiger partial charge in [-0.3, -0.25) is 13.9 Å². The first-order valence-electron chi connectivity index (χ1n) is 2.33. The first kappa shape index (κ1) is 10.2. The van der Waals surface area contributed by atoms with Crippen LogP contribution in [0.5, 0.6) is 0 Å². The Morgan fingerprint density at radius 3 is 2.18 bits per heavy atom. The monoisotopic (exact) mass is 197 g/mol. The minimum Gasteiger partial charge on any atom is -0.474 e. The molecule has 0 radical (unpaired) electrons. The summed E-state index contributed by atoms with van der Waals surface area (Å²) in [5, 5.41) is 8.11. The van der Waals surface area contributed by atoms with Crippen molar-refractivity contribution in [1.29, 1.82) is 0 Å². The Hall–Kier alpha value is -0.750. The number of nitrogens with zero attached hydrogens (tertiary/aromatic N) is 1. The summed E-state index contributed by atoms with van der Waals surface area (Å²) in [6.45, 7) is 0. The zero-order valence-electron chi connectivity index (χ0n) is 5.41. The summed E-state index contributed by atoms with van der Waals surface area (Å²) in [6.07, 6.45) is 0. The highest BCUT2D eigenvalue weighted by Gasteiger charge is 2.19. The normalized spacial score (nSPS) is 8.91. The van der Waals surface area contributed by atoms with Gasteiger partial charge in [0.05, 0.1) is 0 Å². The van der Waals surface area contributed by atoms with Crippen LogP contribution in [0.4, 0.5) is 4.79 Å². The zero-order chi connectivity index (χ0) is 9.02. The van der Waals surface area contributed by atoms with Crippen molar-refractivity contribution in [3.8, 4) is 0 Å². The molecule has 7 heteroatoms. The molecule has 1 amide bonds.